The Morgan fingerprint density at radius 2 is 1.87 bits per heavy atom. The standard InChI is InChI=1S/C12H22N2O/c1-4-8-13-9-7-12(15)14(10-5-2)11-6-3/h5-6,13H,2-4,7-11H2,1H3. The van der Waals surface area contributed by atoms with Crippen LogP contribution in [0.4, 0.5) is 0 Å². The Morgan fingerprint density at radius 1 is 1.27 bits per heavy atom. The lowest BCUT2D eigenvalue weighted by atomic mass is 10.3. The van der Waals surface area contributed by atoms with Crippen LogP contribution in [0, 0.1) is 0 Å². The first-order valence-corrected chi connectivity index (χ1v) is 5.46. The second-order valence-corrected chi connectivity index (χ2v) is 3.38. The number of carbonyl (C=O) groups is 1. The van der Waals surface area contributed by atoms with Gasteiger partial charge in [-0.2, -0.15) is 0 Å². The molecule has 86 valence electrons. The summed E-state index contributed by atoms with van der Waals surface area (Å²) in [7, 11) is 0. The van der Waals surface area contributed by atoms with E-state index in [2.05, 4.69) is 25.4 Å². The quantitative estimate of drug-likeness (QED) is 0.463. The lowest BCUT2D eigenvalue weighted by molar-refractivity contribution is -0.130. The SMILES string of the molecule is C=CCN(CC=C)C(=O)CCNCCC. The van der Waals surface area contributed by atoms with Gasteiger partial charge in [-0.15, -0.1) is 13.2 Å². The Morgan fingerprint density at radius 3 is 2.33 bits per heavy atom. The van der Waals surface area contributed by atoms with Crippen molar-refractivity contribution in [1.82, 2.24) is 10.2 Å². The van der Waals surface area contributed by atoms with E-state index in [0.717, 1.165) is 19.5 Å². The largest absolute Gasteiger partial charge is 0.335 e. The molecule has 3 heteroatoms. The first-order valence-electron chi connectivity index (χ1n) is 5.46. The predicted octanol–water partition coefficient (Wildman–Crippen LogP) is 1.58. The minimum Gasteiger partial charge on any atom is -0.335 e. The van der Waals surface area contributed by atoms with E-state index in [9.17, 15) is 4.79 Å². The molecule has 1 N–H and O–H groups in total. The zero-order valence-electron chi connectivity index (χ0n) is 9.67. The van der Waals surface area contributed by atoms with Gasteiger partial charge in [0.25, 0.3) is 0 Å². The second kappa shape index (κ2) is 9.46. The third-order valence-electron chi connectivity index (χ3n) is 1.99. The Hall–Kier alpha value is -1.09. The highest BCUT2D eigenvalue weighted by Gasteiger charge is 2.09. The van der Waals surface area contributed by atoms with E-state index in [1.54, 1.807) is 17.1 Å². The molecule has 15 heavy (non-hydrogen) atoms. The maximum absolute atomic E-state index is 11.7. The Balaban J connectivity index is 3.80. The summed E-state index contributed by atoms with van der Waals surface area (Å²) in [5.41, 5.74) is 0. The maximum Gasteiger partial charge on any atom is 0.224 e. The zero-order chi connectivity index (χ0) is 11.5. The van der Waals surface area contributed by atoms with Crippen LogP contribution >= 0.6 is 0 Å². The molecule has 0 atom stereocenters. The normalized spacial score (nSPS) is 9.67. The molecule has 0 saturated heterocycles. The van der Waals surface area contributed by atoms with E-state index in [1.807, 2.05) is 0 Å². The molecule has 1 amide bonds. The smallest absolute Gasteiger partial charge is 0.224 e. The van der Waals surface area contributed by atoms with Gasteiger partial charge in [0.2, 0.25) is 5.91 Å². The lowest BCUT2D eigenvalue weighted by Crippen LogP contribution is -2.33. The fourth-order valence-electron chi connectivity index (χ4n) is 1.25. The molecule has 0 fully saturated rings. The summed E-state index contributed by atoms with van der Waals surface area (Å²) >= 11 is 0. The van der Waals surface area contributed by atoms with E-state index in [0.29, 0.717) is 19.5 Å². The van der Waals surface area contributed by atoms with E-state index in [-0.39, 0.29) is 5.91 Å². The van der Waals surface area contributed by atoms with Crippen molar-refractivity contribution in [2.75, 3.05) is 26.2 Å². The third kappa shape index (κ3) is 6.91. The fourth-order valence-corrected chi connectivity index (χ4v) is 1.25. The lowest BCUT2D eigenvalue weighted by Gasteiger charge is -2.19. The van der Waals surface area contributed by atoms with Gasteiger partial charge in [0.1, 0.15) is 0 Å². The highest BCUT2D eigenvalue weighted by atomic mass is 16.2. The van der Waals surface area contributed by atoms with Crippen molar-refractivity contribution in [3.8, 4) is 0 Å². The molecule has 0 heterocycles. The number of rotatable bonds is 9. The van der Waals surface area contributed by atoms with E-state index < -0.39 is 0 Å². The Labute approximate surface area is 92.8 Å². The summed E-state index contributed by atoms with van der Waals surface area (Å²) in [5.74, 6) is 0.151. The number of hydrogen-bond acceptors (Lipinski definition) is 2. The van der Waals surface area contributed by atoms with Crippen LogP contribution in [-0.2, 0) is 4.79 Å². The molecule has 0 aromatic rings. The minimum absolute atomic E-state index is 0.151. The van der Waals surface area contributed by atoms with Crippen LogP contribution < -0.4 is 5.32 Å². The first kappa shape index (κ1) is 13.9. The molecule has 0 unspecified atom stereocenters. The van der Waals surface area contributed by atoms with Crippen LogP contribution in [-0.4, -0.2) is 37.0 Å². The topological polar surface area (TPSA) is 32.3 Å². The van der Waals surface area contributed by atoms with Gasteiger partial charge in [-0.05, 0) is 13.0 Å². The van der Waals surface area contributed by atoms with Crippen LogP contribution in [0.25, 0.3) is 0 Å². The predicted molar refractivity (Wildman–Crippen MR) is 64.8 cm³/mol. The molecule has 3 nitrogen and oxygen atoms in total. The minimum atomic E-state index is 0.151. The average Bonchev–Trinajstić information content (AvgIpc) is 2.24. The van der Waals surface area contributed by atoms with Crippen LogP contribution in [0.15, 0.2) is 25.3 Å². The van der Waals surface area contributed by atoms with Gasteiger partial charge < -0.3 is 10.2 Å². The van der Waals surface area contributed by atoms with Crippen LogP contribution in [0.5, 0.6) is 0 Å². The highest BCUT2D eigenvalue weighted by Crippen LogP contribution is 1.94. The van der Waals surface area contributed by atoms with E-state index in [1.165, 1.54) is 0 Å². The molecular formula is C12H22N2O. The van der Waals surface area contributed by atoms with Crippen molar-refractivity contribution in [2.45, 2.75) is 19.8 Å². The number of nitrogens with zero attached hydrogens (tertiary/aromatic N) is 1. The van der Waals surface area contributed by atoms with Crippen molar-refractivity contribution < 1.29 is 4.79 Å². The summed E-state index contributed by atoms with van der Waals surface area (Å²) in [4.78, 5) is 13.4. The van der Waals surface area contributed by atoms with Gasteiger partial charge in [-0.1, -0.05) is 19.1 Å². The van der Waals surface area contributed by atoms with Gasteiger partial charge >= 0.3 is 0 Å². The molecule has 0 rings (SSSR count). The van der Waals surface area contributed by atoms with Gasteiger partial charge in [0.05, 0.1) is 0 Å². The summed E-state index contributed by atoms with van der Waals surface area (Å²) < 4.78 is 0. The monoisotopic (exact) mass is 210 g/mol. The molecule has 0 aromatic heterocycles. The summed E-state index contributed by atoms with van der Waals surface area (Å²) in [6.45, 7) is 12.3. The van der Waals surface area contributed by atoms with Gasteiger partial charge in [-0.25, -0.2) is 0 Å². The molecule has 0 bridgehead atoms. The Kier molecular flexibility index (Phi) is 8.78. The number of hydrogen-bond donors (Lipinski definition) is 1. The summed E-state index contributed by atoms with van der Waals surface area (Å²) in [5, 5.41) is 3.21. The molecule has 0 aliphatic rings. The Bertz CT molecular complexity index is 192. The molecule has 0 aromatic carbocycles. The summed E-state index contributed by atoms with van der Waals surface area (Å²) in [6.07, 6.45) is 5.11. The number of carbonyl (C=O) groups excluding carboxylic acids is 1. The average molecular weight is 210 g/mol. The van der Waals surface area contributed by atoms with Crippen molar-refractivity contribution in [1.29, 1.82) is 0 Å². The molecule has 0 spiro atoms. The highest BCUT2D eigenvalue weighted by molar-refractivity contribution is 5.76. The van der Waals surface area contributed by atoms with Crippen molar-refractivity contribution in [3.05, 3.63) is 25.3 Å². The fraction of sp³-hybridized carbons (Fsp3) is 0.583. The van der Waals surface area contributed by atoms with Gasteiger partial charge in [-0.3, -0.25) is 4.79 Å². The maximum atomic E-state index is 11.7. The molecule has 0 aliphatic carbocycles. The number of amides is 1. The molecular weight excluding hydrogens is 188 g/mol. The van der Waals surface area contributed by atoms with E-state index >= 15 is 0 Å². The summed E-state index contributed by atoms with van der Waals surface area (Å²) in [6, 6.07) is 0. The van der Waals surface area contributed by atoms with Crippen molar-refractivity contribution in [2.24, 2.45) is 0 Å². The molecule has 0 saturated carbocycles. The third-order valence-corrected chi connectivity index (χ3v) is 1.99. The first-order chi connectivity index (χ1) is 7.26. The van der Waals surface area contributed by atoms with Crippen LogP contribution in [0.1, 0.15) is 19.8 Å². The van der Waals surface area contributed by atoms with Crippen molar-refractivity contribution >= 4 is 5.91 Å². The van der Waals surface area contributed by atoms with Crippen LogP contribution in [0.3, 0.4) is 0 Å². The molecule has 0 aliphatic heterocycles. The van der Waals surface area contributed by atoms with E-state index in [4.69, 9.17) is 0 Å². The van der Waals surface area contributed by atoms with Gasteiger partial charge in [0, 0.05) is 26.1 Å². The second-order valence-electron chi connectivity index (χ2n) is 3.38. The van der Waals surface area contributed by atoms with Crippen molar-refractivity contribution in [3.63, 3.8) is 0 Å². The number of nitrogens with one attached hydrogen (secondary N) is 1. The van der Waals surface area contributed by atoms with Gasteiger partial charge in [0.15, 0.2) is 0 Å². The molecule has 0 radical (unpaired) electrons. The zero-order valence-corrected chi connectivity index (χ0v) is 9.67. The van der Waals surface area contributed by atoms with Crippen LogP contribution in [0.2, 0.25) is 0 Å².